The highest BCUT2D eigenvalue weighted by molar-refractivity contribution is 14.1. The second kappa shape index (κ2) is 4.67. The van der Waals surface area contributed by atoms with Gasteiger partial charge in [-0.2, -0.15) is 0 Å². The molecule has 0 bridgehead atoms. The molecule has 0 fully saturated rings. The second-order valence-corrected chi connectivity index (χ2v) is 4.58. The first kappa shape index (κ1) is 9.81. The van der Waals surface area contributed by atoms with Gasteiger partial charge in [-0.3, -0.25) is 0 Å². The number of aryl methyl sites for hydroxylation is 1. The van der Waals surface area contributed by atoms with Crippen molar-refractivity contribution in [1.82, 2.24) is 0 Å². The summed E-state index contributed by atoms with van der Waals surface area (Å²) in [6.45, 7) is 0. The largest absolute Gasteiger partial charge is 0.0860 e. The molecule has 0 radical (unpaired) electrons. The Hall–Kier alpha value is 0.720. The molecule has 0 atom stereocenters. The Balaban J connectivity index is 2.90. The quantitative estimate of drug-likeness (QED) is 0.560. The molecule has 11 heavy (non-hydrogen) atoms. The third kappa shape index (κ3) is 2.92. The van der Waals surface area contributed by atoms with E-state index >= 15 is 0 Å². The molecule has 1 aromatic carbocycles. The van der Waals surface area contributed by atoms with Gasteiger partial charge in [0.2, 0.25) is 0 Å². The number of benzene rings is 1. The molecular formula is C8H7BrClI. The Morgan fingerprint density at radius 3 is 2.73 bits per heavy atom. The second-order valence-electron chi connectivity index (χ2n) is 2.17. The third-order valence-electron chi connectivity index (χ3n) is 1.38. The normalized spacial score (nSPS) is 10.1. The minimum Gasteiger partial charge on any atom is -0.0860 e. The van der Waals surface area contributed by atoms with Gasteiger partial charge in [0.15, 0.2) is 0 Å². The van der Waals surface area contributed by atoms with Gasteiger partial charge in [-0.25, -0.2) is 0 Å². The minimum atomic E-state index is 0.857. The monoisotopic (exact) mass is 344 g/mol. The summed E-state index contributed by atoms with van der Waals surface area (Å²) in [6.07, 6.45) is 1.05. The average Bonchev–Trinajstić information content (AvgIpc) is 1.95. The summed E-state index contributed by atoms with van der Waals surface area (Å²) in [4.78, 5) is 0. The zero-order chi connectivity index (χ0) is 8.27. The van der Waals surface area contributed by atoms with Gasteiger partial charge in [-0.05, 0) is 24.1 Å². The lowest BCUT2D eigenvalue weighted by Gasteiger charge is -2.00. The SMILES string of the molecule is Clc1cc(Br)ccc1CCI. The molecule has 0 amide bonds. The van der Waals surface area contributed by atoms with E-state index < -0.39 is 0 Å². The molecule has 0 aromatic heterocycles. The van der Waals surface area contributed by atoms with Crippen LogP contribution in [-0.2, 0) is 6.42 Å². The highest BCUT2D eigenvalue weighted by Gasteiger charge is 1.98. The Morgan fingerprint density at radius 1 is 1.45 bits per heavy atom. The van der Waals surface area contributed by atoms with E-state index in [4.69, 9.17) is 11.6 Å². The standard InChI is InChI=1S/C8H7BrClI/c9-7-2-1-6(3-4-11)8(10)5-7/h1-2,5H,3-4H2. The van der Waals surface area contributed by atoms with Crippen molar-refractivity contribution >= 4 is 50.1 Å². The average molecular weight is 345 g/mol. The minimum absolute atomic E-state index is 0.857. The molecule has 0 spiro atoms. The molecule has 3 heteroatoms. The molecule has 1 aromatic rings. The summed E-state index contributed by atoms with van der Waals surface area (Å²) in [5.41, 5.74) is 1.23. The van der Waals surface area contributed by atoms with Crippen LogP contribution < -0.4 is 0 Å². The Kier molecular flexibility index (Phi) is 4.17. The Morgan fingerprint density at radius 2 is 2.18 bits per heavy atom. The van der Waals surface area contributed by atoms with E-state index in [0.29, 0.717) is 0 Å². The molecule has 0 saturated heterocycles. The molecule has 0 aliphatic rings. The van der Waals surface area contributed by atoms with Crippen molar-refractivity contribution in [2.45, 2.75) is 6.42 Å². The van der Waals surface area contributed by atoms with Crippen LogP contribution in [0.25, 0.3) is 0 Å². The van der Waals surface area contributed by atoms with Gasteiger partial charge in [0, 0.05) is 13.9 Å². The van der Waals surface area contributed by atoms with Crippen LogP contribution in [0.4, 0.5) is 0 Å². The molecule has 60 valence electrons. The number of rotatable bonds is 2. The van der Waals surface area contributed by atoms with Crippen molar-refractivity contribution in [3.8, 4) is 0 Å². The number of hydrogen-bond acceptors (Lipinski definition) is 0. The lowest BCUT2D eigenvalue weighted by atomic mass is 10.2. The van der Waals surface area contributed by atoms with E-state index in [-0.39, 0.29) is 0 Å². The molecule has 1 rings (SSSR count). The van der Waals surface area contributed by atoms with Crippen molar-refractivity contribution < 1.29 is 0 Å². The van der Waals surface area contributed by atoms with Crippen LogP contribution in [0.1, 0.15) is 5.56 Å². The molecule has 0 aliphatic carbocycles. The van der Waals surface area contributed by atoms with Gasteiger partial charge in [-0.15, -0.1) is 0 Å². The fourth-order valence-electron chi connectivity index (χ4n) is 0.826. The molecular weight excluding hydrogens is 338 g/mol. The third-order valence-corrected chi connectivity index (χ3v) is 2.76. The van der Waals surface area contributed by atoms with Crippen LogP contribution in [0.2, 0.25) is 5.02 Å². The van der Waals surface area contributed by atoms with Crippen molar-refractivity contribution in [2.75, 3.05) is 4.43 Å². The molecule has 0 unspecified atom stereocenters. The first-order valence-electron chi connectivity index (χ1n) is 3.24. The Labute approximate surface area is 93.6 Å². The fourth-order valence-corrected chi connectivity index (χ4v) is 2.18. The van der Waals surface area contributed by atoms with Gasteiger partial charge in [0.25, 0.3) is 0 Å². The van der Waals surface area contributed by atoms with E-state index in [0.717, 1.165) is 20.3 Å². The van der Waals surface area contributed by atoms with Crippen LogP contribution in [0, 0.1) is 0 Å². The van der Waals surface area contributed by atoms with Gasteiger partial charge < -0.3 is 0 Å². The predicted octanol–water partition coefficient (Wildman–Crippen LogP) is 4.08. The first-order valence-corrected chi connectivity index (χ1v) is 5.93. The van der Waals surface area contributed by atoms with Gasteiger partial charge >= 0.3 is 0 Å². The number of hydrogen-bond donors (Lipinski definition) is 0. The summed E-state index contributed by atoms with van der Waals surface area (Å²) in [7, 11) is 0. The van der Waals surface area contributed by atoms with Crippen molar-refractivity contribution in [1.29, 1.82) is 0 Å². The highest BCUT2D eigenvalue weighted by Crippen LogP contribution is 2.21. The van der Waals surface area contributed by atoms with Gasteiger partial charge in [-0.1, -0.05) is 56.2 Å². The van der Waals surface area contributed by atoms with E-state index in [1.54, 1.807) is 0 Å². The fraction of sp³-hybridized carbons (Fsp3) is 0.250. The van der Waals surface area contributed by atoms with Crippen LogP contribution in [0.15, 0.2) is 22.7 Å². The number of alkyl halides is 1. The number of halogens is 3. The smallest absolute Gasteiger partial charge is 0.0449 e. The first-order chi connectivity index (χ1) is 5.24. The molecule has 0 nitrogen and oxygen atoms in total. The lowest BCUT2D eigenvalue weighted by Crippen LogP contribution is -1.86. The summed E-state index contributed by atoms with van der Waals surface area (Å²) in [5.74, 6) is 0. The van der Waals surface area contributed by atoms with Crippen molar-refractivity contribution in [3.05, 3.63) is 33.3 Å². The molecule has 0 saturated carbocycles. The van der Waals surface area contributed by atoms with Gasteiger partial charge in [0.1, 0.15) is 0 Å². The van der Waals surface area contributed by atoms with Crippen molar-refractivity contribution in [2.24, 2.45) is 0 Å². The van der Waals surface area contributed by atoms with Crippen LogP contribution in [-0.4, -0.2) is 4.43 Å². The maximum atomic E-state index is 5.97. The van der Waals surface area contributed by atoms with E-state index in [1.165, 1.54) is 5.56 Å². The van der Waals surface area contributed by atoms with Crippen LogP contribution in [0.5, 0.6) is 0 Å². The molecule has 0 heterocycles. The van der Waals surface area contributed by atoms with Gasteiger partial charge in [0.05, 0.1) is 0 Å². The topological polar surface area (TPSA) is 0 Å². The molecule has 0 N–H and O–H groups in total. The maximum absolute atomic E-state index is 5.97. The summed E-state index contributed by atoms with van der Waals surface area (Å²) in [5, 5.41) is 0.857. The predicted molar refractivity (Wildman–Crippen MR) is 61.7 cm³/mol. The van der Waals surface area contributed by atoms with E-state index in [2.05, 4.69) is 44.6 Å². The summed E-state index contributed by atoms with van der Waals surface area (Å²) >= 11 is 11.7. The Bertz CT molecular complexity index is 250. The summed E-state index contributed by atoms with van der Waals surface area (Å²) in [6, 6.07) is 6.02. The zero-order valence-corrected chi connectivity index (χ0v) is 10.3. The molecule has 0 aliphatic heterocycles. The van der Waals surface area contributed by atoms with Crippen LogP contribution >= 0.6 is 50.1 Å². The van der Waals surface area contributed by atoms with Crippen molar-refractivity contribution in [3.63, 3.8) is 0 Å². The maximum Gasteiger partial charge on any atom is 0.0449 e. The highest BCUT2D eigenvalue weighted by atomic mass is 127. The van der Waals surface area contributed by atoms with Crippen LogP contribution in [0.3, 0.4) is 0 Å². The lowest BCUT2D eigenvalue weighted by molar-refractivity contribution is 1.18. The summed E-state index contributed by atoms with van der Waals surface area (Å²) < 4.78 is 2.15. The zero-order valence-electron chi connectivity index (χ0n) is 5.78. The van der Waals surface area contributed by atoms with E-state index in [1.807, 2.05) is 12.1 Å². The van der Waals surface area contributed by atoms with E-state index in [9.17, 15) is 0 Å².